The molecule has 0 aliphatic heterocycles. The largest absolute Gasteiger partial charge is 0.355 e. The fourth-order valence-electron chi connectivity index (χ4n) is 5.46. The second-order valence-electron chi connectivity index (χ2n) is 10.0. The minimum atomic E-state index is 0.0127. The van der Waals surface area contributed by atoms with Crippen LogP contribution in [0, 0.1) is 5.92 Å². The number of aromatic amines is 1. The highest BCUT2D eigenvalue weighted by Gasteiger charge is 2.20. The summed E-state index contributed by atoms with van der Waals surface area (Å²) in [6, 6.07) is 16.3. The summed E-state index contributed by atoms with van der Waals surface area (Å²) in [6.45, 7) is 0. The summed E-state index contributed by atoms with van der Waals surface area (Å²) in [5.41, 5.74) is 4.55. The quantitative estimate of drug-likeness (QED) is 0.368. The topological polar surface area (TPSA) is 74.0 Å². The molecule has 3 aromatic rings. The van der Waals surface area contributed by atoms with Crippen LogP contribution in [0.3, 0.4) is 0 Å². The highest BCUT2D eigenvalue weighted by atomic mass is 16.2. The summed E-state index contributed by atoms with van der Waals surface area (Å²) < 4.78 is 0. The van der Waals surface area contributed by atoms with E-state index in [-0.39, 0.29) is 17.7 Å². The Kier molecular flexibility index (Phi) is 6.98. The van der Waals surface area contributed by atoms with Gasteiger partial charge < -0.3 is 15.6 Å². The molecule has 34 heavy (non-hydrogen) atoms. The van der Waals surface area contributed by atoms with Gasteiger partial charge in [0.1, 0.15) is 0 Å². The first-order valence-electron chi connectivity index (χ1n) is 13.0. The Morgan fingerprint density at radius 1 is 0.765 bits per heavy atom. The molecule has 1 heterocycles. The molecule has 2 fully saturated rings. The smallest absolute Gasteiger partial charge is 0.251 e. The zero-order valence-corrected chi connectivity index (χ0v) is 19.9. The van der Waals surface area contributed by atoms with Crippen molar-refractivity contribution in [2.75, 3.05) is 5.32 Å². The number of amides is 2. The lowest BCUT2D eigenvalue weighted by Crippen LogP contribution is -2.36. The molecule has 5 nitrogen and oxygen atoms in total. The molecule has 0 bridgehead atoms. The number of nitrogens with one attached hydrogen (secondary N) is 3. The van der Waals surface area contributed by atoms with Crippen molar-refractivity contribution in [2.45, 2.75) is 76.7 Å². The standard InChI is InChI=1S/C29H35N3O2/c33-28(21-8-4-1-2-5-9-21)31-25-16-14-20(15-17-25)26-18-22-12-13-23(19-27(22)32-26)29(34)30-24-10-6-3-7-11-24/h12-19,21,24,32H,1-11H2,(H,30,34)(H,31,33). The molecule has 3 N–H and O–H groups in total. The molecule has 2 aliphatic rings. The van der Waals surface area contributed by atoms with Crippen molar-refractivity contribution in [1.82, 2.24) is 10.3 Å². The number of rotatable bonds is 5. The Balaban J connectivity index is 1.25. The number of hydrogen-bond donors (Lipinski definition) is 3. The summed E-state index contributed by atoms with van der Waals surface area (Å²) in [7, 11) is 0. The van der Waals surface area contributed by atoms with Gasteiger partial charge in [0, 0.05) is 39.8 Å². The highest BCUT2D eigenvalue weighted by Crippen LogP contribution is 2.28. The van der Waals surface area contributed by atoms with Gasteiger partial charge in [-0.3, -0.25) is 9.59 Å². The Bertz CT molecular complexity index is 1130. The number of hydrogen-bond acceptors (Lipinski definition) is 2. The van der Waals surface area contributed by atoms with E-state index in [1.807, 2.05) is 42.5 Å². The van der Waals surface area contributed by atoms with E-state index in [4.69, 9.17) is 0 Å². The van der Waals surface area contributed by atoms with E-state index in [9.17, 15) is 9.59 Å². The van der Waals surface area contributed by atoms with Crippen molar-refractivity contribution >= 4 is 28.4 Å². The fraction of sp³-hybridized carbons (Fsp3) is 0.448. The Hall–Kier alpha value is -3.08. The van der Waals surface area contributed by atoms with E-state index in [2.05, 4.69) is 21.7 Å². The normalized spacial score (nSPS) is 17.9. The summed E-state index contributed by atoms with van der Waals surface area (Å²) in [5.74, 6) is 0.304. The number of fused-ring (bicyclic) bond motifs is 1. The van der Waals surface area contributed by atoms with E-state index < -0.39 is 0 Å². The van der Waals surface area contributed by atoms with Crippen LogP contribution in [0.2, 0.25) is 0 Å². The van der Waals surface area contributed by atoms with Crippen molar-refractivity contribution in [3.8, 4) is 11.3 Å². The lowest BCUT2D eigenvalue weighted by molar-refractivity contribution is -0.120. The second-order valence-corrected chi connectivity index (χ2v) is 10.0. The molecule has 2 saturated carbocycles. The van der Waals surface area contributed by atoms with Gasteiger partial charge in [0.2, 0.25) is 5.91 Å². The van der Waals surface area contributed by atoms with Gasteiger partial charge in [-0.25, -0.2) is 0 Å². The minimum absolute atomic E-state index is 0.0127. The molecule has 2 aromatic carbocycles. The van der Waals surface area contributed by atoms with Gasteiger partial charge in [0.25, 0.3) is 5.91 Å². The first-order chi connectivity index (χ1) is 16.7. The Morgan fingerprint density at radius 2 is 1.44 bits per heavy atom. The molecular weight excluding hydrogens is 422 g/mol. The molecule has 0 spiro atoms. The maximum atomic E-state index is 12.7. The number of benzene rings is 2. The maximum Gasteiger partial charge on any atom is 0.251 e. The minimum Gasteiger partial charge on any atom is -0.355 e. The molecule has 0 radical (unpaired) electrons. The zero-order valence-electron chi connectivity index (χ0n) is 19.9. The van der Waals surface area contributed by atoms with Crippen LogP contribution in [-0.4, -0.2) is 22.8 Å². The van der Waals surface area contributed by atoms with Gasteiger partial charge in [0.05, 0.1) is 0 Å². The molecule has 178 valence electrons. The van der Waals surface area contributed by atoms with Crippen molar-refractivity contribution in [3.63, 3.8) is 0 Å². The molecule has 2 aliphatic carbocycles. The molecule has 0 unspecified atom stereocenters. The summed E-state index contributed by atoms with van der Waals surface area (Å²) >= 11 is 0. The molecule has 0 atom stereocenters. The molecule has 5 heteroatoms. The highest BCUT2D eigenvalue weighted by molar-refractivity contribution is 5.99. The molecule has 1 aromatic heterocycles. The van der Waals surface area contributed by atoms with Crippen LogP contribution in [0.4, 0.5) is 5.69 Å². The van der Waals surface area contributed by atoms with Gasteiger partial charge >= 0.3 is 0 Å². The predicted octanol–water partition coefficient (Wildman–Crippen LogP) is 6.81. The van der Waals surface area contributed by atoms with Crippen LogP contribution in [-0.2, 0) is 4.79 Å². The average molecular weight is 458 g/mol. The molecule has 5 rings (SSSR count). The third-order valence-corrected chi connectivity index (χ3v) is 7.51. The van der Waals surface area contributed by atoms with Crippen molar-refractivity contribution in [2.24, 2.45) is 5.92 Å². The van der Waals surface area contributed by atoms with E-state index in [1.54, 1.807) is 0 Å². The van der Waals surface area contributed by atoms with E-state index in [1.165, 1.54) is 32.1 Å². The van der Waals surface area contributed by atoms with Gasteiger partial charge in [-0.1, -0.05) is 63.1 Å². The lowest BCUT2D eigenvalue weighted by atomic mass is 9.95. The van der Waals surface area contributed by atoms with E-state index in [0.717, 1.165) is 66.4 Å². The monoisotopic (exact) mass is 457 g/mol. The zero-order chi connectivity index (χ0) is 23.3. The molecular formula is C29H35N3O2. The van der Waals surface area contributed by atoms with Crippen molar-refractivity contribution in [3.05, 3.63) is 54.1 Å². The fourth-order valence-corrected chi connectivity index (χ4v) is 5.46. The first-order valence-corrected chi connectivity index (χ1v) is 13.0. The Morgan fingerprint density at radius 3 is 2.18 bits per heavy atom. The SMILES string of the molecule is O=C(NC1CCCCC1)c1ccc2cc(-c3ccc(NC(=O)C4CCCCCC4)cc3)[nH]c2c1. The number of carbonyl (C=O) groups excluding carboxylic acids is 2. The van der Waals surface area contributed by atoms with E-state index in [0.29, 0.717) is 11.6 Å². The summed E-state index contributed by atoms with van der Waals surface area (Å²) in [4.78, 5) is 28.9. The average Bonchev–Trinajstić information content (AvgIpc) is 3.09. The maximum absolute atomic E-state index is 12.7. The lowest BCUT2D eigenvalue weighted by Gasteiger charge is -2.22. The first kappa shape index (κ1) is 22.7. The number of H-pyrrole nitrogens is 1. The molecule has 0 saturated heterocycles. The van der Waals surface area contributed by atoms with Crippen LogP contribution in [0.1, 0.15) is 81.0 Å². The third kappa shape index (κ3) is 5.35. The van der Waals surface area contributed by atoms with Crippen molar-refractivity contribution < 1.29 is 9.59 Å². The predicted molar refractivity (Wildman–Crippen MR) is 138 cm³/mol. The number of anilines is 1. The van der Waals surface area contributed by atoms with Crippen LogP contribution in [0.15, 0.2) is 48.5 Å². The van der Waals surface area contributed by atoms with E-state index >= 15 is 0 Å². The van der Waals surface area contributed by atoms with Crippen LogP contribution < -0.4 is 10.6 Å². The van der Waals surface area contributed by atoms with Crippen LogP contribution in [0.5, 0.6) is 0 Å². The van der Waals surface area contributed by atoms with Gasteiger partial charge in [-0.2, -0.15) is 0 Å². The second kappa shape index (κ2) is 10.5. The number of carbonyl (C=O) groups is 2. The number of aromatic nitrogens is 1. The van der Waals surface area contributed by atoms with Gasteiger partial charge in [-0.15, -0.1) is 0 Å². The van der Waals surface area contributed by atoms with Gasteiger partial charge in [-0.05, 0) is 61.6 Å². The summed E-state index contributed by atoms with van der Waals surface area (Å²) in [5, 5.41) is 7.38. The van der Waals surface area contributed by atoms with Crippen molar-refractivity contribution in [1.29, 1.82) is 0 Å². The molecule has 2 amide bonds. The van der Waals surface area contributed by atoms with Crippen LogP contribution in [0.25, 0.3) is 22.2 Å². The van der Waals surface area contributed by atoms with Crippen LogP contribution >= 0.6 is 0 Å². The summed E-state index contributed by atoms with van der Waals surface area (Å²) in [6.07, 6.45) is 12.6. The van der Waals surface area contributed by atoms with Gasteiger partial charge in [0.15, 0.2) is 0 Å². The Labute approximate surface area is 201 Å². The third-order valence-electron chi connectivity index (χ3n) is 7.51.